The summed E-state index contributed by atoms with van der Waals surface area (Å²) in [7, 11) is 0. The molecular formula is C14H17N3. The highest BCUT2D eigenvalue weighted by atomic mass is 15.3. The number of para-hydroxylation sites is 2. The molecule has 2 aromatic rings. The maximum Gasteiger partial charge on any atom is 0.204 e. The minimum Gasteiger partial charge on any atom is -0.356 e. The average Bonchev–Trinajstić information content (AvgIpc) is 2.99. The van der Waals surface area contributed by atoms with E-state index in [9.17, 15) is 0 Å². The first-order valence-corrected chi connectivity index (χ1v) is 6.49. The second-order valence-corrected chi connectivity index (χ2v) is 5.68. The lowest BCUT2D eigenvalue weighted by Crippen LogP contribution is -2.28. The van der Waals surface area contributed by atoms with Crippen LogP contribution in [0, 0.1) is 5.41 Å². The number of hydrogen-bond donors (Lipinski definition) is 1. The first-order chi connectivity index (χ1) is 8.28. The zero-order valence-corrected chi connectivity index (χ0v) is 10.1. The van der Waals surface area contributed by atoms with E-state index in [4.69, 9.17) is 4.98 Å². The van der Waals surface area contributed by atoms with Crippen molar-refractivity contribution in [1.29, 1.82) is 0 Å². The molecule has 0 radical (unpaired) electrons. The molecule has 3 heteroatoms. The first kappa shape index (κ1) is 9.51. The molecule has 4 rings (SSSR count). The van der Waals surface area contributed by atoms with Crippen LogP contribution < -0.4 is 5.32 Å². The Bertz CT molecular complexity index is 580. The summed E-state index contributed by atoms with van der Waals surface area (Å²) in [6, 6.07) is 9.10. The fourth-order valence-electron chi connectivity index (χ4n) is 3.12. The van der Waals surface area contributed by atoms with Crippen molar-refractivity contribution in [2.45, 2.75) is 32.2 Å². The van der Waals surface area contributed by atoms with Crippen LogP contribution in [0.1, 0.15) is 32.2 Å². The van der Waals surface area contributed by atoms with Gasteiger partial charge in [-0.1, -0.05) is 19.1 Å². The summed E-state index contributed by atoms with van der Waals surface area (Å²) in [5.74, 6) is 1.07. The molecule has 0 amide bonds. The molecule has 0 bridgehead atoms. The molecule has 88 valence electrons. The largest absolute Gasteiger partial charge is 0.356 e. The Hall–Kier alpha value is -1.51. The number of benzene rings is 1. The minimum absolute atomic E-state index is 0.514. The van der Waals surface area contributed by atoms with Crippen LogP contribution >= 0.6 is 0 Å². The van der Waals surface area contributed by atoms with Crippen LogP contribution in [0.4, 0.5) is 5.95 Å². The molecule has 1 saturated carbocycles. The summed E-state index contributed by atoms with van der Waals surface area (Å²) in [4.78, 5) is 4.70. The predicted molar refractivity (Wildman–Crippen MR) is 69.2 cm³/mol. The molecule has 1 aliphatic heterocycles. The van der Waals surface area contributed by atoms with E-state index in [0.29, 0.717) is 11.5 Å². The Morgan fingerprint density at radius 3 is 3.00 bits per heavy atom. The van der Waals surface area contributed by atoms with Crippen molar-refractivity contribution >= 4 is 17.0 Å². The van der Waals surface area contributed by atoms with Gasteiger partial charge < -0.3 is 9.88 Å². The van der Waals surface area contributed by atoms with Gasteiger partial charge >= 0.3 is 0 Å². The van der Waals surface area contributed by atoms with Crippen LogP contribution in [-0.2, 0) is 0 Å². The van der Waals surface area contributed by atoms with Crippen molar-refractivity contribution in [1.82, 2.24) is 9.55 Å². The van der Waals surface area contributed by atoms with E-state index < -0.39 is 0 Å². The third-order valence-corrected chi connectivity index (χ3v) is 4.45. The van der Waals surface area contributed by atoms with Gasteiger partial charge in [0.15, 0.2) is 0 Å². The van der Waals surface area contributed by atoms with E-state index in [1.54, 1.807) is 0 Å². The highest BCUT2D eigenvalue weighted by molar-refractivity contribution is 5.79. The molecule has 17 heavy (non-hydrogen) atoms. The normalized spacial score (nSPS) is 25.4. The maximum absolute atomic E-state index is 4.70. The van der Waals surface area contributed by atoms with Crippen LogP contribution in [0.15, 0.2) is 24.3 Å². The van der Waals surface area contributed by atoms with E-state index in [1.165, 1.54) is 24.8 Å². The number of nitrogens with one attached hydrogen (secondary N) is 1. The Morgan fingerprint density at radius 1 is 1.35 bits per heavy atom. The molecule has 0 saturated heterocycles. The summed E-state index contributed by atoms with van der Waals surface area (Å²) in [5, 5.41) is 3.43. The third kappa shape index (κ3) is 1.25. The number of imidazole rings is 1. The lowest BCUT2D eigenvalue weighted by Gasteiger charge is -2.31. The summed E-state index contributed by atoms with van der Waals surface area (Å²) >= 11 is 0. The summed E-state index contributed by atoms with van der Waals surface area (Å²) in [5.41, 5.74) is 2.92. The summed E-state index contributed by atoms with van der Waals surface area (Å²) in [6.45, 7) is 3.48. The maximum atomic E-state index is 4.70. The zero-order valence-electron chi connectivity index (χ0n) is 10.1. The number of aromatic nitrogens is 2. The highest BCUT2D eigenvalue weighted by Crippen LogP contribution is 2.56. The van der Waals surface area contributed by atoms with Gasteiger partial charge in [-0.15, -0.1) is 0 Å². The minimum atomic E-state index is 0.514. The van der Waals surface area contributed by atoms with E-state index >= 15 is 0 Å². The highest BCUT2D eigenvalue weighted by Gasteiger charge is 2.47. The smallest absolute Gasteiger partial charge is 0.204 e. The van der Waals surface area contributed by atoms with E-state index in [-0.39, 0.29) is 0 Å². The van der Waals surface area contributed by atoms with Crippen molar-refractivity contribution < 1.29 is 0 Å². The fourth-order valence-corrected chi connectivity index (χ4v) is 3.12. The molecular weight excluding hydrogens is 210 g/mol. The number of anilines is 1. The first-order valence-electron chi connectivity index (χ1n) is 6.49. The van der Waals surface area contributed by atoms with Gasteiger partial charge in [0.2, 0.25) is 5.95 Å². The van der Waals surface area contributed by atoms with Gasteiger partial charge in [0.1, 0.15) is 0 Å². The van der Waals surface area contributed by atoms with Crippen LogP contribution in [0.5, 0.6) is 0 Å². The SMILES string of the molecule is CC1(C2CCNc3nc4ccccc4n32)CC1. The van der Waals surface area contributed by atoms with Crippen molar-refractivity contribution in [3.8, 4) is 0 Å². The van der Waals surface area contributed by atoms with Crippen LogP contribution in [0.3, 0.4) is 0 Å². The van der Waals surface area contributed by atoms with Crippen molar-refractivity contribution in [2.75, 3.05) is 11.9 Å². The molecule has 1 atom stereocenters. The van der Waals surface area contributed by atoms with Crippen molar-refractivity contribution in [3.05, 3.63) is 24.3 Å². The zero-order chi connectivity index (χ0) is 11.5. The topological polar surface area (TPSA) is 29.9 Å². The summed E-state index contributed by atoms with van der Waals surface area (Å²) < 4.78 is 2.44. The van der Waals surface area contributed by atoms with Gasteiger partial charge in [-0.05, 0) is 36.8 Å². The second-order valence-electron chi connectivity index (χ2n) is 5.68. The third-order valence-electron chi connectivity index (χ3n) is 4.45. The molecule has 2 aliphatic rings. The van der Waals surface area contributed by atoms with E-state index in [2.05, 4.69) is 41.1 Å². The molecule has 2 heterocycles. The molecule has 1 unspecified atom stereocenters. The Labute approximate surface area is 101 Å². The molecule has 1 fully saturated rings. The monoisotopic (exact) mass is 227 g/mol. The Morgan fingerprint density at radius 2 is 2.18 bits per heavy atom. The van der Waals surface area contributed by atoms with Gasteiger partial charge in [0, 0.05) is 12.6 Å². The van der Waals surface area contributed by atoms with Gasteiger partial charge in [-0.2, -0.15) is 0 Å². The molecule has 1 aromatic carbocycles. The van der Waals surface area contributed by atoms with Crippen LogP contribution in [0.2, 0.25) is 0 Å². The van der Waals surface area contributed by atoms with E-state index in [0.717, 1.165) is 18.0 Å². The van der Waals surface area contributed by atoms with E-state index in [1.807, 2.05) is 0 Å². The number of nitrogens with zero attached hydrogens (tertiary/aromatic N) is 2. The Balaban J connectivity index is 1.96. The average molecular weight is 227 g/mol. The number of rotatable bonds is 1. The fraction of sp³-hybridized carbons (Fsp3) is 0.500. The lowest BCUT2D eigenvalue weighted by atomic mass is 9.94. The number of hydrogen-bond acceptors (Lipinski definition) is 2. The molecule has 1 N–H and O–H groups in total. The lowest BCUT2D eigenvalue weighted by molar-refractivity contribution is 0.315. The van der Waals surface area contributed by atoms with Crippen molar-refractivity contribution in [2.24, 2.45) is 5.41 Å². The van der Waals surface area contributed by atoms with Gasteiger partial charge in [-0.3, -0.25) is 0 Å². The van der Waals surface area contributed by atoms with Gasteiger partial charge in [0.05, 0.1) is 11.0 Å². The van der Waals surface area contributed by atoms with Gasteiger partial charge in [0.25, 0.3) is 0 Å². The summed E-state index contributed by atoms with van der Waals surface area (Å²) in [6.07, 6.45) is 3.96. The van der Waals surface area contributed by atoms with Crippen LogP contribution in [-0.4, -0.2) is 16.1 Å². The molecule has 1 aliphatic carbocycles. The second kappa shape index (κ2) is 3.03. The molecule has 1 aromatic heterocycles. The van der Waals surface area contributed by atoms with Crippen LogP contribution in [0.25, 0.3) is 11.0 Å². The Kier molecular flexibility index (Phi) is 1.70. The standard InChI is InChI=1S/C14H17N3/c1-14(7-8-14)12-6-9-15-13-16-10-4-2-3-5-11(10)17(12)13/h2-5,12H,6-9H2,1H3,(H,15,16). The quantitative estimate of drug-likeness (QED) is 0.810. The molecule has 3 nitrogen and oxygen atoms in total. The number of fused-ring (bicyclic) bond motifs is 3. The predicted octanol–water partition coefficient (Wildman–Crippen LogP) is 3.19. The van der Waals surface area contributed by atoms with Crippen molar-refractivity contribution in [3.63, 3.8) is 0 Å². The molecule has 0 spiro atoms. The van der Waals surface area contributed by atoms with Gasteiger partial charge in [-0.25, -0.2) is 4.98 Å².